The molecule has 7 heteroatoms. The number of aromatic nitrogens is 1. The molecule has 7 nitrogen and oxygen atoms in total. The van der Waals surface area contributed by atoms with Crippen molar-refractivity contribution in [1.82, 2.24) is 9.88 Å². The summed E-state index contributed by atoms with van der Waals surface area (Å²) in [5, 5.41) is 20.1. The fourth-order valence-electron chi connectivity index (χ4n) is 4.38. The number of hydrogen-bond acceptors (Lipinski definition) is 5. The number of hydrogen-bond donors (Lipinski definition) is 2. The molecule has 0 aliphatic carbocycles. The van der Waals surface area contributed by atoms with Gasteiger partial charge in [0.1, 0.15) is 5.58 Å². The molecule has 2 aromatic heterocycles. The predicted octanol–water partition coefficient (Wildman–Crippen LogP) is 4.71. The molecule has 1 fully saturated rings. The molecule has 0 radical (unpaired) electrons. The second kappa shape index (κ2) is 8.85. The molecule has 33 heavy (non-hydrogen) atoms. The molecule has 0 saturated carbocycles. The summed E-state index contributed by atoms with van der Waals surface area (Å²) in [4.78, 5) is 19.2. The van der Waals surface area contributed by atoms with Crippen LogP contribution in [0.4, 0.5) is 5.69 Å². The van der Waals surface area contributed by atoms with E-state index in [0.717, 1.165) is 66.7 Å². The fraction of sp³-hybridized carbons (Fsp3) is 0.231. The zero-order valence-electron chi connectivity index (χ0n) is 18.1. The number of carboxylic acids is 1. The Bertz CT molecular complexity index is 1380. The van der Waals surface area contributed by atoms with Crippen molar-refractivity contribution in [1.29, 1.82) is 5.26 Å². The Labute approximate surface area is 191 Å². The Morgan fingerprint density at radius 3 is 2.79 bits per heavy atom. The van der Waals surface area contributed by atoms with Gasteiger partial charge in [0.25, 0.3) is 0 Å². The van der Waals surface area contributed by atoms with Gasteiger partial charge in [-0.2, -0.15) is 5.26 Å². The summed E-state index contributed by atoms with van der Waals surface area (Å²) in [7, 11) is 0. The first kappa shape index (κ1) is 20.9. The van der Waals surface area contributed by atoms with Gasteiger partial charge in [-0.15, -0.1) is 0 Å². The summed E-state index contributed by atoms with van der Waals surface area (Å²) in [5.74, 6) is -1.08. The van der Waals surface area contributed by atoms with E-state index in [2.05, 4.69) is 33.0 Å². The summed E-state index contributed by atoms with van der Waals surface area (Å²) < 4.78 is 5.36. The molecule has 0 unspecified atom stereocenters. The first-order chi connectivity index (χ1) is 16.1. The maximum atomic E-state index is 11.1. The minimum atomic E-state index is -1.05. The minimum absolute atomic E-state index is 0.0295. The lowest BCUT2D eigenvalue weighted by molar-refractivity contribution is 0.0665. The van der Waals surface area contributed by atoms with E-state index in [4.69, 9.17) is 14.8 Å². The van der Waals surface area contributed by atoms with Gasteiger partial charge in [-0.05, 0) is 54.4 Å². The molecule has 0 amide bonds. The topological polar surface area (TPSA) is 96.5 Å². The van der Waals surface area contributed by atoms with Gasteiger partial charge in [-0.3, -0.25) is 4.90 Å². The highest BCUT2D eigenvalue weighted by atomic mass is 16.4. The molecule has 1 aliphatic heterocycles. The standard InChI is InChI=1S/C26H24N4O3/c27-16-18-4-6-23-22(13-18)19(17-28-23)3-1-2-8-29-9-11-30(12-10-29)21-5-7-24-20(14-21)15-25(33-24)26(31)32/h1,3-7,13-15,17,28H,2,8-12H2,(H,31,32). The Morgan fingerprint density at radius 2 is 2.00 bits per heavy atom. The van der Waals surface area contributed by atoms with Crippen molar-refractivity contribution in [2.75, 3.05) is 37.6 Å². The largest absolute Gasteiger partial charge is 0.475 e. The molecule has 0 spiro atoms. The maximum absolute atomic E-state index is 11.1. The molecule has 3 heterocycles. The van der Waals surface area contributed by atoms with Gasteiger partial charge >= 0.3 is 5.97 Å². The predicted molar refractivity (Wildman–Crippen MR) is 128 cm³/mol. The quantitative estimate of drug-likeness (QED) is 0.451. The number of furan rings is 1. The average molecular weight is 441 g/mol. The molecular formula is C26H24N4O3. The molecule has 2 aromatic carbocycles. The lowest BCUT2D eigenvalue weighted by Crippen LogP contribution is -2.46. The lowest BCUT2D eigenvalue weighted by atomic mass is 10.1. The maximum Gasteiger partial charge on any atom is 0.371 e. The molecule has 0 atom stereocenters. The summed E-state index contributed by atoms with van der Waals surface area (Å²) in [6.45, 7) is 4.82. The second-order valence-electron chi connectivity index (χ2n) is 8.27. The van der Waals surface area contributed by atoms with Crippen molar-refractivity contribution in [2.45, 2.75) is 6.42 Å². The van der Waals surface area contributed by atoms with Crippen molar-refractivity contribution >= 4 is 39.6 Å². The number of fused-ring (bicyclic) bond motifs is 2. The van der Waals surface area contributed by atoms with Gasteiger partial charge in [-0.25, -0.2) is 4.79 Å². The normalized spacial score (nSPS) is 14.9. The molecule has 1 aliphatic rings. The number of carbonyl (C=O) groups is 1. The van der Waals surface area contributed by atoms with Crippen molar-refractivity contribution in [3.8, 4) is 6.07 Å². The van der Waals surface area contributed by atoms with Crippen molar-refractivity contribution < 1.29 is 14.3 Å². The van der Waals surface area contributed by atoms with Crippen LogP contribution >= 0.6 is 0 Å². The highest BCUT2D eigenvalue weighted by Gasteiger charge is 2.18. The van der Waals surface area contributed by atoms with Crippen molar-refractivity contribution in [2.24, 2.45) is 0 Å². The first-order valence-corrected chi connectivity index (χ1v) is 11.0. The molecule has 4 aromatic rings. The molecule has 0 bridgehead atoms. The van der Waals surface area contributed by atoms with E-state index >= 15 is 0 Å². The lowest BCUT2D eigenvalue weighted by Gasteiger charge is -2.36. The average Bonchev–Trinajstić information content (AvgIpc) is 3.45. The van der Waals surface area contributed by atoms with Crippen LogP contribution in [0.15, 0.2) is 59.2 Å². The number of carboxylic acid groups (broad SMARTS) is 1. The SMILES string of the molecule is N#Cc1ccc2[nH]cc(C=CCCN3CCN(c4ccc5oc(C(=O)O)cc5c4)CC3)c2c1. The Kier molecular flexibility index (Phi) is 5.59. The number of aromatic carboxylic acids is 1. The zero-order valence-corrected chi connectivity index (χ0v) is 18.1. The van der Waals surface area contributed by atoms with E-state index in [1.807, 2.05) is 42.6 Å². The number of nitrogens with one attached hydrogen (secondary N) is 1. The Hall–Kier alpha value is -4.02. The van der Waals surface area contributed by atoms with Crippen molar-refractivity contribution in [3.05, 3.63) is 71.6 Å². The number of benzene rings is 2. The molecule has 1 saturated heterocycles. The highest BCUT2D eigenvalue weighted by molar-refractivity contribution is 5.92. The van der Waals surface area contributed by atoms with Crippen LogP contribution in [0.25, 0.3) is 27.9 Å². The van der Waals surface area contributed by atoms with E-state index in [9.17, 15) is 4.79 Å². The number of anilines is 1. The van der Waals surface area contributed by atoms with E-state index in [-0.39, 0.29) is 5.76 Å². The van der Waals surface area contributed by atoms with Gasteiger partial charge in [-0.1, -0.05) is 12.2 Å². The smallest absolute Gasteiger partial charge is 0.371 e. The summed E-state index contributed by atoms with van der Waals surface area (Å²) in [5.41, 5.74) is 4.51. The first-order valence-electron chi connectivity index (χ1n) is 11.0. The fourth-order valence-corrected chi connectivity index (χ4v) is 4.38. The number of aromatic amines is 1. The van der Waals surface area contributed by atoms with E-state index < -0.39 is 5.97 Å². The number of piperazine rings is 1. The van der Waals surface area contributed by atoms with Crippen molar-refractivity contribution in [3.63, 3.8) is 0 Å². The van der Waals surface area contributed by atoms with E-state index in [1.165, 1.54) is 0 Å². The Morgan fingerprint density at radius 1 is 1.15 bits per heavy atom. The van der Waals surface area contributed by atoms with Gasteiger partial charge in [0.15, 0.2) is 0 Å². The zero-order chi connectivity index (χ0) is 22.8. The van der Waals surface area contributed by atoms with Crippen LogP contribution in [-0.4, -0.2) is 53.7 Å². The van der Waals surface area contributed by atoms with Gasteiger partial charge in [0.05, 0.1) is 11.6 Å². The second-order valence-corrected chi connectivity index (χ2v) is 8.27. The summed E-state index contributed by atoms with van der Waals surface area (Å²) in [6, 6.07) is 15.3. The molecular weight excluding hydrogens is 416 g/mol. The van der Waals surface area contributed by atoms with Crippen LogP contribution in [0.5, 0.6) is 0 Å². The number of nitrogens with zero attached hydrogens (tertiary/aromatic N) is 3. The van der Waals surface area contributed by atoms with Crippen LogP contribution in [0.3, 0.4) is 0 Å². The van der Waals surface area contributed by atoms with Crippen LogP contribution in [0.2, 0.25) is 0 Å². The number of nitriles is 1. The summed E-state index contributed by atoms with van der Waals surface area (Å²) in [6.07, 6.45) is 7.27. The number of H-pyrrole nitrogens is 1. The highest BCUT2D eigenvalue weighted by Crippen LogP contribution is 2.26. The molecule has 2 N–H and O–H groups in total. The molecule has 5 rings (SSSR count). The van der Waals surface area contributed by atoms with Crippen LogP contribution < -0.4 is 4.90 Å². The minimum Gasteiger partial charge on any atom is -0.475 e. The van der Waals surface area contributed by atoms with Crippen LogP contribution in [-0.2, 0) is 0 Å². The molecule has 166 valence electrons. The Balaban J connectivity index is 1.15. The third-order valence-corrected chi connectivity index (χ3v) is 6.20. The van der Waals surface area contributed by atoms with E-state index in [0.29, 0.717) is 11.1 Å². The third kappa shape index (κ3) is 4.34. The van der Waals surface area contributed by atoms with Crippen LogP contribution in [0.1, 0.15) is 28.1 Å². The number of rotatable bonds is 6. The third-order valence-electron chi connectivity index (χ3n) is 6.20. The summed E-state index contributed by atoms with van der Waals surface area (Å²) >= 11 is 0. The van der Waals surface area contributed by atoms with Crippen LogP contribution in [0, 0.1) is 11.3 Å². The van der Waals surface area contributed by atoms with E-state index in [1.54, 1.807) is 6.07 Å². The van der Waals surface area contributed by atoms with Gasteiger partial charge in [0, 0.05) is 60.9 Å². The van der Waals surface area contributed by atoms with Gasteiger partial charge < -0.3 is 19.4 Å². The monoisotopic (exact) mass is 440 g/mol. The van der Waals surface area contributed by atoms with Gasteiger partial charge in [0.2, 0.25) is 5.76 Å².